The van der Waals surface area contributed by atoms with Crippen molar-refractivity contribution in [3.63, 3.8) is 0 Å². The van der Waals surface area contributed by atoms with Gasteiger partial charge in [-0.2, -0.15) is 0 Å². The van der Waals surface area contributed by atoms with E-state index < -0.39 is 29.3 Å². The summed E-state index contributed by atoms with van der Waals surface area (Å²) in [6, 6.07) is 4.59. The summed E-state index contributed by atoms with van der Waals surface area (Å²) in [5, 5.41) is 2.90. The van der Waals surface area contributed by atoms with Crippen molar-refractivity contribution < 1.29 is 17.6 Å². The highest BCUT2D eigenvalue weighted by molar-refractivity contribution is 6.31. The molecule has 0 fully saturated rings. The van der Waals surface area contributed by atoms with E-state index in [4.69, 9.17) is 11.6 Å². The molecular formula is C14H10ClF4N. The SMILES string of the molecule is CNC(c1cc(F)ccc1Cl)c1ccc(F)c(F)c1F. The van der Waals surface area contributed by atoms with Gasteiger partial charge < -0.3 is 5.32 Å². The van der Waals surface area contributed by atoms with Crippen molar-refractivity contribution in [2.24, 2.45) is 0 Å². The van der Waals surface area contributed by atoms with Crippen LogP contribution in [0.1, 0.15) is 17.2 Å². The van der Waals surface area contributed by atoms with E-state index in [0.29, 0.717) is 0 Å². The van der Waals surface area contributed by atoms with Crippen LogP contribution in [0.5, 0.6) is 0 Å². The Hall–Kier alpha value is -1.59. The molecular weight excluding hydrogens is 294 g/mol. The number of hydrogen-bond donors (Lipinski definition) is 1. The normalized spacial score (nSPS) is 12.5. The summed E-state index contributed by atoms with van der Waals surface area (Å²) in [6.45, 7) is 0. The van der Waals surface area contributed by atoms with Gasteiger partial charge in [0.15, 0.2) is 17.5 Å². The largest absolute Gasteiger partial charge is 0.309 e. The van der Waals surface area contributed by atoms with Crippen LogP contribution >= 0.6 is 11.6 Å². The molecule has 1 unspecified atom stereocenters. The monoisotopic (exact) mass is 303 g/mol. The van der Waals surface area contributed by atoms with E-state index in [1.54, 1.807) is 0 Å². The highest BCUT2D eigenvalue weighted by atomic mass is 35.5. The van der Waals surface area contributed by atoms with Gasteiger partial charge in [0, 0.05) is 10.6 Å². The summed E-state index contributed by atoms with van der Waals surface area (Å²) in [5.41, 5.74) is 0.0815. The van der Waals surface area contributed by atoms with Crippen LogP contribution in [0.15, 0.2) is 30.3 Å². The van der Waals surface area contributed by atoms with E-state index in [0.717, 1.165) is 24.3 Å². The van der Waals surface area contributed by atoms with Gasteiger partial charge in [-0.3, -0.25) is 0 Å². The second-order valence-corrected chi connectivity index (χ2v) is 4.56. The molecule has 0 radical (unpaired) electrons. The Bertz CT molecular complexity index is 645. The van der Waals surface area contributed by atoms with Gasteiger partial charge in [-0.25, -0.2) is 17.6 Å². The Morgan fingerprint density at radius 1 is 0.950 bits per heavy atom. The number of hydrogen-bond acceptors (Lipinski definition) is 1. The molecule has 2 aromatic carbocycles. The standard InChI is InChI=1S/C14H10ClF4N/c1-20-14(9-6-7(16)2-4-10(9)15)8-3-5-11(17)13(19)12(8)18/h2-6,14,20H,1H3. The van der Waals surface area contributed by atoms with Crippen molar-refractivity contribution in [3.05, 3.63) is 69.8 Å². The van der Waals surface area contributed by atoms with Crippen LogP contribution in [0, 0.1) is 23.3 Å². The molecule has 0 aliphatic rings. The third kappa shape index (κ3) is 2.64. The van der Waals surface area contributed by atoms with Gasteiger partial charge in [-0.05, 0) is 36.9 Å². The lowest BCUT2D eigenvalue weighted by molar-refractivity contribution is 0.435. The van der Waals surface area contributed by atoms with Gasteiger partial charge >= 0.3 is 0 Å². The Labute approximate surface area is 118 Å². The molecule has 6 heteroatoms. The number of rotatable bonds is 3. The van der Waals surface area contributed by atoms with Crippen molar-refractivity contribution in [1.29, 1.82) is 0 Å². The first-order valence-corrected chi connectivity index (χ1v) is 6.09. The fourth-order valence-electron chi connectivity index (χ4n) is 1.98. The molecule has 0 saturated heterocycles. The maximum atomic E-state index is 13.8. The zero-order valence-electron chi connectivity index (χ0n) is 10.4. The summed E-state index contributed by atoms with van der Waals surface area (Å²) in [5.74, 6) is -4.75. The molecule has 2 aromatic rings. The summed E-state index contributed by atoms with van der Waals surface area (Å²) >= 11 is 5.95. The fraction of sp³-hybridized carbons (Fsp3) is 0.143. The Kier molecular flexibility index (Phi) is 4.30. The van der Waals surface area contributed by atoms with Crippen LogP contribution in [0.2, 0.25) is 5.02 Å². The lowest BCUT2D eigenvalue weighted by atomic mass is 9.98. The quantitative estimate of drug-likeness (QED) is 0.662. The van der Waals surface area contributed by atoms with Gasteiger partial charge in [0.1, 0.15) is 5.82 Å². The molecule has 2 rings (SSSR count). The van der Waals surface area contributed by atoms with Crippen LogP contribution < -0.4 is 5.32 Å². The third-order valence-electron chi connectivity index (χ3n) is 2.93. The summed E-state index contributed by atoms with van der Waals surface area (Å²) < 4.78 is 53.4. The number of nitrogens with one attached hydrogen (secondary N) is 1. The smallest absolute Gasteiger partial charge is 0.194 e. The Morgan fingerprint density at radius 2 is 1.65 bits per heavy atom. The molecule has 1 nitrogen and oxygen atoms in total. The summed E-state index contributed by atoms with van der Waals surface area (Å²) in [6.07, 6.45) is 0. The predicted molar refractivity (Wildman–Crippen MR) is 68.6 cm³/mol. The number of benzene rings is 2. The second kappa shape index (κ2) is 5.81. The molecule has 0 amide bonds. The molecule has 106 valence electrons. The average molecular weight is 304 g/mol. The topological polar surface area (TPSA) is 12.0 Å². The lowest BCUT2D eigenvalue weighted by Crippen LogP contribution is -2.20. The molecule has 1 N–H and O–H groups in total. The van der Waals surface area contributed by atoms with Crippen LogP contribution in [-0.4, -0.2) is 7.05 Å². The average Bonchev–Trinajstić information content (AvgIpc) is 2.43. The van der Waals surface area contributed by atoms with Gasteiger partial charge in [0.25, 0.3) is 0 Å². The maximum absolute atomic E-state index is 13.8. The minimum atomic E-state index is -1.57. The van der Waals surface area contributed by atoms with Crippen LogP contribution in [0.4, 0.5) is 17.6 Å². The number of halogens is 5. The fourth-order valence-corrected chi connectivity index (χ4v) is 2.20. The molecule has 20 heavy (non-hydrogen) atoms. The van der Waals surface area contributed by atoms with Crippen molar-refractivity contribution in [3.8, 4) is 0 Å². The molecule has 0 aliphatic carbocycles. The molecule has 1 atom stereocenters. The van der Waals surface area contributed by atoms with Gasteiger partial charge in [0.05, 0.1) is 6.04 Å². The molecule has 0 aromatic heterocycles. The predicted octanol–water partition coefficient (Wildman–Crippen LogP) is 4.21. The van der Waals surface area contributed by atoms with E-state index in [-0.39, 0.29) is 16.1 Å². The van der Waals surface area contributed by atoms with Gasteiger partial charge in [0.2, 0.25) is 0 Å². The van der Waals surface area contributed by atoms with Gasteiger partial charge in [-0.15, -0.1) is 0 Å². The zero-order chi connectivity index (χ0) is 14.9. The van der Waals surface area contributed by atoms with Crippen molar-refractivity contribution in [2.75, 3.05) is 7.05 Å². The van der Waals surface area contributed by atoms with Crippen molar-refractivity contribution in [2.45, 2.75) is 6.04 Å². The van der Waals surface area contributed by atoms with Crippen LogP contribution in [0.3, 0.4) is 0 Å². The second-order valence-electron chi connectivity index (χ2n) is 4.15. The highest BCUT2D eigenvalue weighted by Crippen LogP contribution is 2.31. The van der Waals surface area contributed by atoms with E-state index >= 15 is 0 Å². The maximum Gasteiger partial charge on any atom is 0.194 e. The lowest BCUT2D eigenvalue weighted by Gasteiger charge is -2.19. The highest BCUT2D eigenvalue weighted by Gasteiger charge is 2.23. The molecule has 0 heterocycles. The van der Waals surface area contributed by atoms with Crippen molar-refractivity contribution in [1.82, 2.24) is 5.32 Å². The Morgan fingerprint density at radius 3 is 2.30 bits per heavy atom. The first-order chi connectivity index (χ1) is 9.45. The minimum Gasteiger partial charge on any atom is -0.309 e. The van der Waals surface area contributed by atoms with Crippen LogP contribution in [-0.2, 0) is 0 Å². The first kappa shape index (κ1) is 14.8. The van der Waals surface area contributed by atoms with Crippen LogP contribution in [0.25, 0.3) is 0 Å². The van der Waals surface area contributed by atoms with E-state index in [1.807, 2.05) is 0 Å². The zero-order valence-corrected chi connectivity index (χ0v) is 11.1. The summed E-state index contributed by atoms with van der Waals surface area (Å²) in [4.78, 5) is 0. The van der Waals surface area contributed by atoms with E-state index in [2.05, 4.69) is 5.32 Å². The summed E-state index contributed by atoms with van der Waals surface area (Å²) in [7, 11) is 1.48. The van der Waals surface area contributed by atoms with Crippen molar-refractivity contribution >= 4 is 11.6 Å². The van der Waals surface area contributed by atoms with E-state index in [1.165, 1.54) is 13.1 Å². The van der Waals surface area contributed by atoms with Gasteiger partial charge in [-0.1, -0.05) is 17.7 Å². The van der Waals surface area contributed by atoms with E-state index in [9.17, 15) is 17.6 Å². The minimum absolute atomic E-state index is 0.154. The molecule has 0 aliphatic heterocycles. The molecule has 0 saturated carbocycles. The molecule has 0 spiro atoms. The third-order valence-corrected chi connectivity index (χ3v) is 3.28. The first-order valence-electron chi connectivity index (χ1n) is 5.71. The molecule has 0 bridgehead atoms. The Balaban J connectivity index is 2.58.